The van der Waals surface area contributed by atoms with Gasteiger partial charge in [0.25, 0.3) is 0 Å². The van der Waals surface area contributed by atoms with Gasteiger partial charge in [0.2, 0.25) is 0 Å². The lowest BCUT2D eigenvalue weighted by Crippen LogP contribution is -1.87. The first kappa shape index (κ1) is 11.3. The molecule has 17 heavy (non-hydrogen) atoms. The average Bonchev–Trinajstić information content (AvgIpc) is 2.38. The molecule has 0 saturated heterocycles. The Morgan fingerprint density at radius 2 is 1.59 bits per heavy atom. The van der Waals surface area contributed by atoms with E-state index in [0.717, 1.165) is 11.1 Å². The fourth-order valence-corrected chi connectivity index (χ4v) is 1.50. The zero-order chi connectivity index (χ0) is 12.1. The Kier molecular flexibility index (Phi) is 3.46. The van der Waals surface area contributed by atoms with Crippen LogP contribution < -0.4 is 0 Å². The first-order chi connectivity index (χ1) is 8.29. The molecule has 0 aliphatic heterocycles. The molecule has 84 valence electrons. The van der Waals surface area contributed by atoms with Crippen LogP contribution in [0, 0.1) is 5.82 Å². The van der Waals surface area contributed by atoms with Crippen LogP contribution in [0.3, 0.4) is 0 Å². The summed E-state index contributed by atoms with van der Waals surface area (Å²) < 4.78 is 13.3. The number of benzene rings is 2. The van der Waals surface area contributed by atoms with Crippen molar-refractivity contribution in [2.24, 2.45) is 0 Å². The predicted octanol–water partition coefficient (Wildman–Crippen LogP) is 3.81. The fourth-order valence-electron chi connectivity index (χ4n) is 1.50. The van der Waals surface area contributed by atoms with Crippen molar-refractivity contribution in [2.75, 3.05) is 0 Å². The van der Waals surface area contributed by atoms with Crippen molar-refractivity contribution in [1.82, 2.24) is 0 Å². The molecule has 2 rings (SSSR count). The van der Waals surface area contributed by atoms with E-state index in [1.54, 1.807) is 6.07 Å². The lowest BCUT2D eigenvalue weighted by Gasteiger charge is -1.97. The third-order valence-electron chi connectivity index (χ3n) is 2.42. The van der Waals surface area contributed by atoms with Crippen LogP contribution in [0.2, 0.25) is 0 Å². The first-order valence-corrected chi connectivity index (χ1v) is 5.27. The minimum atomic E-state index is -0.491. The maximum Gasteiger partial charge on any atom is 0.152 e. The molecule has 2 aromatic rings. The van der Waals surface area contributed by atoms with E-state index in [0.29, 0.717) is 6.29 Å². The predicted molar refractivity (Wildman–Crippen MR) is 67.2 cm³/mol. The average molecular weight is 226 g/mol. The molecule has 0 spiro atoms. The molecule has 0 amide bonds. The van der Waals surface area contributed by atoms with E-state index in [9.17, 15) is 9.18 Å². The summed E-state index contributed by atoms with van der Waals surface area (Å²) in [5.74, 6) is -0.491. The van der Waals surface area contributed by atoms with Gasteiger partial charge in [-0.3, -0.25) is 4.79 Å². The smallest absolute Gasteiger partial charge is 0.152 e. The number of hydrogen-bond acceptors (Lipinski definition) is 1. The number of aldehydes is 1. The maximum atomic E-state index is 13.3. The van der Waals surface area contributed by atoms with Crippen molar-refractivity contribution < 1.29 is 9.18 Å². The molecule has 2 aromatic carbocycles. The number of carbonyl (C=O) groups is 1. The lowest BCUT2D eigenvalue weighted by molar-refractivity contribution is 0.112. The van der Waals surface area contributed by atoms with Gasteiger partial charge < -0.3 is 0 Å². The van der Waals surface area contributed by atoms with Gasteiger partial charge in [0.15, 0.2) is 6.29 Å². The summed E-state index contributed by atoms with van der Waals surface area (Å²) in [6.07, 6.45) is 4.22. The number of hydrogen-bond donors (Lipinski definition) is 0. The van der Waals surface area contributed by atoms with Crippen LogP contribution in [0.1, 0.15) is 21.5 Å². The Bertz CT molecular complexity index is 544. The normalized spacial score (nSPS) is 10.6. The zero-order valence-electron chi connectivity index (χ0n) is 9.14. The third-order valence-corrected chi connectivity index (χ3v) is 2.42. The number of carbonyl (C=O) groups excluding carboxylic acids is 1. The summed E-state index contributed by atoms with van der Waals surface area (Å²) in [6, 6.07) is 14.3. The van der Waals surface area contributed by atoms with Crippen LogP contribution in [-0.2, 0) is 0 Å². The molecule has 0 heterocycles. The van der Waals surface area contributed by atoms with Crippen molar-refractivity contribution in [3.8, 4) is 0 Å². The molecule has 0 radical (unpaired) electrons. The highest BCUT2D eigenvalue weighted by molar-refractivity contribution is 5.77. The molecule has 1 nitrogen and oxygen atoms in total. The second-order valence-electron chi connectivity index (χ2n) is 3.64. The van der Waals surface area contributed by atoms with Gasteiger partial charge in [-0.15, -0.1) is 0 Å². The van der Waals surface area contributed by atoms with Gasteiger partial charge in [-0.1, -0.05) is 48.6 Å². The van der Waals surface area contributed by atoms with Gasteiger partial charge in [-0.2, -0.15) is 0 Å². The minimum absolute atomic E-state index is 0.0851. The van der Waals surface area contributed by atoms with Crippen molar-refractivity contribution >= 4 is 18.4 Å². The topological polar surface area (TPSA) is 17.1 Å². The van der Waals surface area contributed by atoms with Gasteiger partial charge in [0.05, 0.1) is 5.56 Å². The monoisotopic (exact) mass is 226 g/mol. The largest absolute Gasteiger partial charge is 0.298 e. The van der Waals surface area contributed by atoms with Crippen LogP contribution in [0.4, 0.5) is 4.39 Å². The molecule has 0 unspecified atom stereocenters. The molecular weight excluding hydrogens is 215 g/mol. The van der Waals surface area contributed by atoms with E-state index in [1.165, 1.54) is 12.1 Å². The summed E-state index contributed by atoms with van der Waals surface area (Å²) in [5, 5.41) is 0. The van der Waals surface area contributed by atoms with Gasteiger partial charge in [0.1, 0.15) is 5.82 Å². The van der Waals surface area contributed by atoms with Crippen molar-refractivity contribution in [2.45, 2.75) is 0 Å². The minimum Gasteiger partial charge on any atom is -0.298 e. The second kappa shape index (κ2) is 5.21. The van der Waals surface area contributed by atoms with Gasteiger partial charge >= 0.3 is 0 Å². The molecule has 0 aliphatic rings. The molecule has 0 bridgehead atoms. The number of halogens is 1. The van der Waals surface area contributed by atoms with E-state index in [2.05, 4.69) is 0 Å². The molecule has 0 saturated carbocycles. The van der Waals surface area contributed by atoms with Gasteiger partial charge in [-0.25, -0.2) is 4.39 Å². The Balaban J connectivity index is 2.22. The SMILES string of the molecule is O=Cc1ccc(C=Cc2ccccc2)cc1F. The Morgan fingerprint density at radius 3 is 2.24 bits per heavy atom. The highest BCUT2D eigenvalue weighted by Gasteiger charge is 1.99. The van der Waals surface area contributed by atoms with Gasteiger partial charge in [-0.05, 0) is 23.3 Å². The molecule has 2 heteroatoms. The van der Waals surface area contributed by atoms with Gasteiger partial charge in [0, 0.05) is 0 Å². The fraction of sp³-hybridized carbons (Fsp3) is 0. The Morgan fingerprint density at radius 1 is 0.882 bits per heavy atom. The van der Waals surface area contributed by atoms with E-state index in [1.807, 2.05) is 42.5 Å². The van der Waals surface area contributed by atoms with Crippen LogP contribution in [0.5, 0.6) is 0 Å². The third kappa shape index (κ3) is 2.88. The summed E-state index contributed by atoms with van der Waals surface area (Å²) >= 11 is 0. The maximum absolute atomic E-state index is 13.3. The zero-order valence-corrected chi connectivity index (χ0v) is 9.14. The summed E-state index contributed by atoms with van der Waals surface area (Å²) in [4.78, 5) is 10.5. The van der Waals surface area contributed by atoms with Crippen LogP contribution in [-0.4, -0.2) is 6.29 Å². The molecular formula is C15H11FO. The van der Waals surface area contributed by atoms with E-state index in [-0.39, 0.29) is 5.56 Å². The number of rotatable bonds is 3. The Hall–Kier alpha value is -2.22. The highest BCUT2D eigenvalue weighted by Crippen LogP contribution is 2.12. The quantitative estimate of drug-likeness (QED) is 0.574. The van der Waals surface area contributed by atoms with E-state index < -0.39 is 5.82 Å². The lowest BCUT2D eigenvalue weighted by atomic mass is 10.1. The summed E-state index contributed by atoms with van der Waals surface area (Å²) in [5.41, 5.74) is 1.87. The summed E-state index contributed by atoms with van der Waals surface area (Å²) in [6.45, 7) is 0. The molecule has 0 N–H and O–H groups in total. The standard InChI is InChI=1S/C15H11FO/c16-15-10-13(8-9-14(15)11-17)7-6-12-4-2-1-3-5-12/h1-11H. The molecule has 0 aromatic heterocycles. The molecule has 0 atom stereocenters. The van der Waals surface area contributed by atoms with Crippen LogP contribution in [0.25, 0.3) is 12.2 Å². The Labute approximate surface area is 99.2 Å². The van der Waals surface area contributed by atoms with Crippen molar-refractivity contribution in [1.29, 1.82) is 0 Å². The van der Waals surface area contributed by atoms with Crippen molar-refractivity contribution in [3.63, 3.8) is 0 Å². The van der Waals surface area contributed by atoms with Crippen molar-refractivity contribution in [3.05, 3.63) is 71.0 Å². The molecule has 0 aliphatic carbocycles. The molecule has 0 fully saturated rings. The van der Waals surface area contributed by atoms with E-state index in [4.69, 9.17) is 0 Å². The van der Waals surface area contributed by atoms with E-state index >= 15 is 0 Å². The second-order valence-corrected chi connectivity index (χ2v) is 3.64. The first-order valence-electron chi connectivity index (χ1n) is 5.27. The van der Waals surface area contributed by atoms with Crippen LogP contribution in [0.15, 0.2) is 48.5 Å². The van der Waals surface area contributed by atoms with Crippen LogP contribution >= 0.6 is 0 Å². The summed E-state index contributed by atoms with van der Waals surface area (Å²) in [7, 11) is 0. The highest BCUT2D eigenvalue weighted by atomic mass is 19.1.